The molecule has 0 amide bonds. The molecule has 0 aliphatic rings. The van der Waals surface area contributed by atoms with E-state index in [4.69, 9.17) is 4.74 Å². The van der Waals surface area contributed by atoms with Crippen molar-refractivity contribution in [1.82, 2.24) is 0 Å². The zero-order valence-electron chi connectivity index (χ0n) is 8.82. The lowest BCUT2D eigenvalue weighted by atomic mass is 10.1. The molecular weight excluding hydrogens is 192 g/mol. The van der Waals surface area contributed by atoms with Gasteiger partial charge in [0.15, 0.2) is 0 Å². The molecule has 0 unspecified atom stereocenters. The molecule has 3 heteroatoms. The molecule has 3 nitrogen and oxygen atoms in total. The van der Waals surface area contributed by atoms with Crippen LogP contribution in [0.1, 0.15) is 18.1 Å². The third kappa shape index (κ3) is 3.13. The number of benzene rings is 1. The maximum absolute atomic E-state index is 10.5. The Balaban J connectivity index is 3.03. The minimum Gasteiger partial charge on any atom is -0.550 e. The van der Waals surface area contributed by atoms with Gasteiger partial charge in [-0.3, -0.25) is 0 Å². The first-order valence-electron chi connectivity index (χ1n) is 4.67. The molecule has 1 aromatic rings. The lowest BCUT2D eigenvalue weighted by Crippen LogP contribution is -2.24. The predicted octanol–water partition coefficient (Wildman–Crippen LogP) is 1.02. The van der Waals surface area contributed by atoms with Gasteiger partial charge in [-0.25, -0.2) is 0 Å². The van der Waals surface area contributed by atoms with Crippen LogP contribution in [0.15, 0.2) is 24.3 Å². The highest BCUT2D eigenvalue weighted by molar-refractivity contribution is 5.70. The SMILES string of the molecule is C/C=C/c1ccc(CC(=O)[O-])c(OC)c1. The molecule has 0 heterocycles. The van der Waals surface area contributed by atoms with E-state index in [-0.39, 0.29) is 6.42 Å². The van der Waals surface area contributed by atoms with Crippen LogP contribution in [0, 0.1) is 0 Å². The summed E-state index contributed by atoms with van der Waals surface area (Å²) in [5.41, 5.74) is 1.61. The summed E-state index contributed by atoms with van der Waals surface area (Å²) in [5.74, 6) is -0.526. The molecule has 80 valence electrons. The second-order valence-corrected chi connectivity index (χ2v) is 3.12. The summed E-state index contributed by atoms with van der Waals surface area (Å²) < 4.78 is 5.11. The van der Waals surface area contributed by atoms with Crippen LogP contribution in [0.25, 0.3) is 6.08 Å². The molecular formula is C12H13O3-. The fraction of sp³-hybridized carbons (Fsp3) is 0.250. The number of methoxy groups -OCH3 is 1. The highest BCUT2D eigenvalue weighted by atomic mass is 16.5. The monoisotopic (exact) mass is 205 g/mol. The highest BCUT2D eigenvalue weighted by Crippen LogP contribution is 2.21. The van der Waals surface area contributed by atoms with Crippen LogP contribution in [0.4, 0.5) is 0 Å². The summed E-state index contributed by atoms with van der Waals surface area (Å²) in [5, 5.41) is 10.5. The van der Waals surface area contributed by atoms with Crippen LogP contribution < -0.4 is 9.84 Å². The van der Waals surface area contributed by atoms with Gasteiger partial charge in [0, 0.05) is 12.4 Å². The number of aliphatic carboxylic acids is 1. The van der Waals surface area contributed by atoms with E-state index in [0.717, 1.165) is 5.56 Å². The number of allylic oxidation sites excluding steroid dienone is 1. The molecule has 0 atom stereocenters. The Hall–Kier alpha value is -1.77. The maximum atomic E-state index is 10.5. The summed E-state index contributed by atoms with van der Waals surface area (Å²) in [7, 11) is 1.52. The predicted molar refractivity (Wildman–Crippen MR) is 56.4 cm³/mol. The molecule has 0 saturated heterocycles. The molecule has 15 heavy (non-hydrogen) atoms. The third-order valence-corrected chi connectivity index (χ3v) is 2.01. The number of carbonyl (C=O) groups excluding carboxylic acids is 1. The normalized spacial score (nSPS) is 10.5. The van der Waals surface area contributed by atoms with Crippen LogP contribution in [0.5, 0.6) is 5.75 Å². The molecule has 0 radical (unpaired) electrons. The van der Waals surface area contributed by atoms with Gasteiger partial charge in [-0.15, -0.1) is 0 Å². The van der Waals surface area contributed by atoms with Crippen LogP contribution in [-0.2, 0) is 11.2 Å². The molecule has 0 fully saturated rings. The average Bonchev–Trinajstić information content (AvgIpc) is 2.20. The Bertz CT molecular complexity index is 380. The Morgan fingerprint density at radius 2 is 2.27 bits per heavy atom. The second kappa shape index (κ2) is 5.20. The highest BCUT2D eigenvalue weighted by Gasteiger charge is 2.03. The molecule has 1 aromatic carbocycles. The van der Waals surface area contributed by atoms with Crippen LogP contribution in [-0.4, -0.2) is 13.1 Å². The summed E-state index contributed by atoms with van der Waals surface area (Å²) in [6, 6.07) is 5.39. The van der Waals surface area contributed by atoms with E-state index < -0.39 is 5.97 Å². The summed E-state index contributed by atoms with van der Waals surface area (Å²) >= 11 is 0. The average molecular weight is 205 g/mol. The standard InChI is InChI=1S/C12H14O3/c1-3-4-9-5-6-10(8-12(13)14)11(7-9)15-2/h3-7H,8H2,1-2H3,(H,13,14)/p-1/b4-3+. The fourth-order valence-corrected chi connectivity index (χ4v) is 1.36. The smallest absolute Gasteiger partial charge is 0.123 e. The van der Waals surface area contributed by atoms with Gasteiger partial charge >= 0.3 is 0 Å². The number of carboxylic acids is 1. The van der Waals surface area contributed by atoms with Crippen molar-refractivity contribution in [1.29, 1.82) is 0 Å². The zero-order valence-corrected chi connectivity index (χ0v) is 8.82. The summed E-state index contributed by atoms with van der Waals surface area (Å²) in [6.07, 6.45) is 3.71. The van der Waals surface area contributed by atoms with Gasteiger partial charge in [0.1, 0.15) is 5.75 Å². The third-order valence-electron chi connectivity index (χ3n) is 2.01. The number of ether oxygens (including phenoxy) is 1. The van der Waals surface area contributed by atoms with Gasteiger partial charge in [-0.1, -0.05) is 24.3 Å². The van der Waals surface area contributed by atoms with Crippen LogP contribution >= 0.6 is 0 Å². The van der Waals surface area contributed by atoms with Gasteiger partial charge < -0.3 is 14.6 Å². The Kier molecular flexibility index (Phi) is 3.92. The van der Waals surface area contributed by atoms with Crippen LogP contribution in [0.2, 0.25) is 0 Å². The minimum atomic E-state index is -1.10. The van der Waals surface area contributed by atoms with Crippen molar-refractivity contribution < 1.29 is 14.6 Å². The van der Waals surface area contributed by atoms with E-state index in [1.807, 2.05) is 25.1 Å². The molecule has 0 spiro atoms. The van der Waals surface area contributed by atoms with E-state index >= 15 is 0 Å². The molecule has 0 aromatic heterocycles. The largest absolute Gasteiger partial charge is 0.550 e. The molecule has 0 N–H and O–H groups in total. The molecule has 1 rings (SSSR count). The number of hydrogen-bond acceptors (Lipinski definition) is 3. The number of hydrogen-bond donors (Lipinski definition) is 0. The van der Waals surface area contributed by atoms with Crippen molar-refractivity contribution in [2.75, 3.05) is 7.11 Å². The van der Waals surface area contributed by atoms with Gasteiger partial charge in [-0.2, -0.15) is 0 Å². The van der Waals surface area contributed by atoms with Crippen molar-refractivity contribution in [3.63, 3.8) is 0 Å². The number of rotatable bonds is 4. The summed E-state index contributed by atoms with van der Waals surface area (Å²) in [6.45, 7) is 1.92. The maximum Gasteiger partial charge on any atom is 0.123 e. The van der Waals surface area contributed by atoms with Crippen molar-refractivity contribution in [3.8, 4) is 5.75 Å². The van der Waals surface area contributed by atoms with E-state index in [2.05, 4.69) is 0 Å². The Morgan fingerprint density at radius 3 is 2.80 bits per heavy atom. The first kappa shape index (κ1) is 11.3. The van der Waals surface area contributed by atoms with E-state index in [1.165, 1.54) is 7.11 Å². The van der Waals surface area contributed by atoms with Gasteiger partial charge in [-0.05, 0) is 24.1 Å². The van der Waals surface area contributed by atoms with Gasteiger partial charge in [0.05, 0.1) is 7.11 Å². The molecule has 0 saturated carbocycles. The first-order valence-corrected chi connectivity index (χ1v) is 4.67. The number of carbonyl (C=O) groups is 1. The van der Waals surface area contributed by atoms with E-state index in [0.29, 0.717) is 11.3 Å². The van der Waals surface area contributed by atoms with Gasteiger partial charge in [0.25, 0.3) is 0 Å². The molecule has 0 aliphatic heterocycles. The van der Waals surface area contributed by atoms with Crippen molar-refractivity contribution in [3.05, 3.63) is 35.4 Å². The Morgan fingerprint density at radius 1 is 1.53 bits per heavy atom. The first-order chi connectivity index (χ1) is 7.17. The van der Waals surface area contributed by atoms with E-state index in [1.54, 1.807) is 12.1 Å². The van der Waals surface area contributed by atoms with Crippen molar-refractivity contribution in [2.24, 2.45) is 0 Å². The summed E-state index contributed by atoms with van der Waals surface area (Å²) in [4.78, 5) is 10.5. The number of carboxylic acid groups (broad SMARTS) is 1. The second-order valence-electron chi connectivity index (χ2n) is 3.12. The topological polar surface area (TPSA) is 49.4 Å². The van der Waals surface area contributed by atoms with Crippen molar-refractivity contribution in [2.45, 2.75) is 13.3 Å². The zero-order chi connectivity index (χ0) is 11.3. The van der Waals surface area contributed by atoms with Crippen molar-refractivity contribution >= 4 is 12.0 Å². The van der Waals surface area contributed by atoms with E-state index in [9.17, 15) is 9.90 Å². The lowest BCUT2D eigenvalue weighted by Gasteiger charge is -2.09. The lowest BCUT2D eigenvalue weighted by molar-refractivity contribution is -0.304. The minimum absolute atomic E-state index is 0.126. The Labute approximate surface area is 89.0 Å². The quantitative estimate of drug-likeness (QED) is 0.737. The molecule has 0 aliphatic carbocycles. The van der Waals surface area contributed by atoms with Crippen LogP contribution in [0.3, 0.4) is 0 Å². The van der Waals surface area contributed by atoms with Gasteiger partial charge in [0.2, 0.25) is 0 Å². The fourth-order valence-electron chi connectivity index (χ4n) is 1.36. The molecule has 0 bridgehead atoms.